The van der Waals surface area contributed by atoms with Crippen molar-refractivity contribution in [2.24, 2.45) is 5.41 Å². The van der Waals surface area contributed by atoms with Gasteiger partial charge in [0.1, 0.15) is 0 Å². The van der Waals surface area contributed by atoms with Crippen LogP contribution in [0.4, 0.5) is 11.4 Å². The molecule has 2 saturated heterocycles. The molecule has 4 nitrogen and oxygen atoms in total. The Labute approximate surface area is 153 Å². The van der Waals surface area contributed by atoms with E-state index in [0.29, 0.717) is 11.8 Å². The van der Waals surface area contributed by atoms with Gasteiger partial charge in [0.05, 0.1) is 23.5 Å². The highest BCUT2D eigenvalue weighted by Gasteiger charge is 2.44. The SMILES string of the molecule is [B]C([B])([B])N1C(=O)CCCc2ccc(N3CC4(CCOCC4)C3)cc21. The van der Waals surface area contributed by atoms with Gasteiger partial charge in [0.15, 0.2) is 0 Å². The van der Waals surface area contributed by atoms with Crippen molar-refractivity contribution in [2.45, 2.75) is 37.3 Å². The second-order valence-corrected chi connectivity index (χ2v) is 7.75. The van der Waals surface area contributed by atoms with Gasteiger partial charge in [-0.25, -0.2) is 0 Å². The molecule has 0 aromatic heterocycles. The number of amides is 1. The average molecular weight is 330 g/mol. The minimum atomic E-state index is -1.69. The number of aryl methyl sites for hydroxylation is 1. The molecule has 1 amide bonds. The Morgan fingerprint density at radius 3 is 2.48 bits per heavy atom. The van der Waals surface area contributed by atoms with E-state index in [4.69, 9.17) is 28.3 Å². The lowest BCUT2D eigenvalue weighted by Crippen LogP contribution is -2.58. The number of anilines is 2. The normalized spacial score (nSPS) is 23.1. The monoisotopic (exact) mass is 330 g/mol. The molecule has 1 aromatic rings. The molecular weight excluding hydrogens is 309 g/mol. The highest BCUT2D eigenvalue weighted by atomic mass is 16.5. The molecule has 3 aliphatic rings. The van der Waals surface area contributed by atoms with E-state index in [0.717, 1.165) is 68.9 Å². The van der Waals surface area contributed by atoms with Gasteiger partial charge in [0.25, 0.3) is 0 Å². The number of fused-ring (bicyclic) bond motifs is 1. The molecule has 7 heteroatoms. The Morgan fingerprint density at radius 2 is 1.80 bits per heavy atom. The molecule has 0 unspecified atom stereocenters. The van der Waals surface area contributed by atoms with Gasteiger partial charge in [-0.3, -0.25) is 4.79 Å². The smallest absolute Gasteiger partial charge is 0.225 e. The van der Waals surface area contributed by atoms with Gasteiger partial charge < -0.3 is 14.5 Å². The molecule has 1 aromatic carbocycles. The van der Waals surface area contributed by atoms with E-state index in [9.17, 15) is 4.79 Å². The van der Waals surface area contributed by atoms with E-state index in [1.54, 1.807) is 0 Å². The van der Waals surface area contributed by atoms with E-state index < -0.39 is 5.24 Å². The molecule has 6 radical (unpaired) electrons. The van der Waals surface area contributed by atoms with Gasteiger partial charge in [-0.1, -0.05) is 11.3 Å². The minimum Gasteiger partial charge on any atom is -0.381 e. The van der Waals surface area contributed by atoms with Gasteiger partial charge in [0, 0.05) is 49.5 Å². The van der Waals surface area contributed by atoms with E-state index in [-0.39, 0.29) is 5.91 Å². The Morgan fingerprint density at radius 1 is 1.08 bits per heavy atom. The van der Waals surface area contributed by atoms with E-state index in [1.807, 2.05) is 6.07 Å². The highest BCUT2D eigenvalue weighted by Crippen LogP contribution is 2.43. The van der Waals surface area contributed by atoms with Gasteiger partial charge >= 0.3 is 0 Å². The summed E-state index contributed by atoms with van der Waals surface area (Å²) in [6.07, 6.45) is 4.26. The van der Waals surface area contributed by atoms with Crippen LogP contribution in [-0.2, 0) is 16.0 Å². The molecule has 4 rings (SSSR count). The zero-order valence-electron chi connectivity index (χ0n) is 14.5. The van der Waals surface area contributed by atoms with Crippen molar-refractivity contribution in [3.05, 3.63) is 23.8 Å². The fourth-order valence-corrected chi connectivity index (χ4v) is 4.34. The molecule has 1 spiro atoms. The summed E-state index contributed by atoms with van der Waals surface area (Å²) < 4.78 is 5.49. The summed E-state index contributed by atoms with van der Waals surface area (Å²) in [5.74, 6) is -0.118. The molecule has 2 fully saturated rings. The zero-order valence-corrected chi connectivity index (χ0v) is 14.5. The average Bonchev–Trinajstić information content (AvgIpc) is 2.70. The third-order valence-electron chi connectivity index (χ3n) is 5.75. The second-order valence-electron chi connectivity index (χ2n) is 7.75. The minimum absolute atomic E-state index is 0.118. The number of rotatable bonds is 2. The van der Waals surface area contributed by atoms with Crippen molar-refractivity contribution < 1.29 is 9.53 Å². The summed E-state index contributed by atoms with van der Waals surface area (Å²) in [6, 6.07) is 6.23. The lowest BCUT2D eigenvalue weighted by Gasteiger charge is -2.53. The van der Waals surface area contributed by atoms with Crippen LogP contribution in [0, 0.1) is 5.41 Å². The van der Waals surface area contributed by atoms with Crippen molar-refractivity contribution in [1.82, 2.24) is 0 Å². The first-order valence-electron chi connectivity index (χ1n) is 9.03. The largest absolute Gasteiger partial charge is 0.381 e. The number of ether oxygens (including phenoxy) is 1. The summed E-state index contributed by atoms with van der Waals surface area (Å²) in [5.41, 5.74) is 3.31. The molecule has 3 aliphatic heterocycles. The molecule has 0 atom stereocenters. The van der Waals surface area contributed by atoms with Crippen molar-refractivity contribution >= 4 is 40.8 Å². The van der Waals surface area contributed by atoms with Crippen LogP contribution < -0.4 is 9.80 Å². The fraction of sp³-hybridized carbons (Fsp3) is 0.611. The molecule has 0 aliphatic carbocycles. The molecule has 124 valence electrons. The Bertz CT molecular complexity index is 675. The van der Waals surface area contributed by atoms with Crippen LogP contribution in [0.15, 0.2) is 18.2 Å². The van der Waals surface area contributed by atoms with Crippen molar-refractivity contribution in [2.75, 3.05) is 36.1 Å². The summed E-state index contributed by atoms with van der Waals surface area (Å²) in [7, 11) is 17.7. The summed E-state index contributed by atoms with van der Waals surface area (Å²) >= 11 is 0. The predicted molar refractivity (Wildman–Crippen MR) is 102 cm³/mol. The van der Waals surface area contributed by atoms with Crippen LogP contribution in [0.3, 0.4) is 0 Å². The van der Waals surface area contributed by atoms with E-state index in [2.05, 4.69) is 17.0 Å². The maximum Gasteiger partial charge on any atom is 0.225 e. The third-order valence-corrected chi connectivity index (χ3v) is 5.75. The third kappa shape index (κ3) is 3.12. The van der Waals surface area contributed by atoms with Crippen LogP contribution in [0.5, 0.6) is 0 Å². The van der Waals surface area contributed by atoms with Gasteiger partial charge in [-0.2, -0.15) is 0 Å². The Balaban J connectivity index is 1.61. The lowest BCUT2D eigenvalue weighted by atomic mass is 9.48. The lowest BCUT2D eigenvalue weighted by molar-refractivity contribution is -0.118. The first-order chi connectivity index (χ1) is 11.9. The first kappa shape index (κ1) is 17.1. The summed E-state index contributed by atoms with van der Waals surface area (Å²) in [4.78, 5) is 16.2. The van der Waals surface area contributed by atoms with E-state index >= 15 is 0 Å². The zero-order chi connectivity index (χ0) is 17.7. The predicted octanol–water partition coefficient (Wildman–Crippen LogP) is 1.09. The van der Waals surface area contributed by atoms with Crippen LogP contribution in [0.1, 0.15) is 31.2 Å². The molecule has 0 saturated carbocycles. The van der Waals surface area contributed by atoms with E-state index in [1.165, 1.54) is 4.90 Å². The number of hydrogen-bond acceptors (Lipinski definition) is 3. The van der Waals surface area contributed by atoms with Crippen molar-refractivity contribution in [3.8, 4) is 0 Å². The van der Waals surface area contributed by atoms with Gasteiger partial charge in [-0.05, 0) is 43.4 Å². The molecule has 3 heterocycles. The maximum absolute atomic E-state index is 12.5. The van der Waals surface area contributed by atoms with Gasteiger partial charge in [0.2, 0.25) is 5.91 Å². The van der Waals surface area contributed by atoms with Crippen molar-refractivity contribution in [1.29, 1.82) is 0 Å². The standard InChI is InChI=1S/C18H21B3N2O2/c19-18(20,21)23-15-10-14(5-4-13(15)2-1-3-16(23)24)22-11-17(12-22)6-8-25-9-7-17/h4-5,10H,1-3,6-9,11-12H2. The fourth-order valence-electron chi connectivity index (χ4n) is 4.34. The van der Waals surface area contributed by atoms with Gasteiger partial charge in [-0.15, -0.1) is 0 Å². The highest BCUT2D eigenvalue weighted by molar-refractivity contribution is 6.62. The summed E-state index contributed by atoms with van der Waals surface area (Å²) in [6.45, 7) is 3.77. The Kier molecular flexibility index (Phi) is 4.18. The summed E-state index contributed by atoms with van der Waals surface area (Å²) in [5, 5.41) is -1.69. The number of nitrogens with zero attached hydrogens (tertiary/aromatic N) is 2. The topological polar surface area (TPSA) is 32.8 Å². The maximum atomic E-state index is 12.5. The Hall–Kier alpha value is -1.36. The molecular formula is C18H21B3N2O2. The van der Waals surface area contributed by atoms with Crippen LogP contribution in [-0.4, -0.2) is 61.0 Å². The number of carbonyl (C=O) groups is 1. The molecule has 0 N–H and O–H groups in total. The van der Waals surface area contributed by atoms with Crippen molar-refractivity contribution in [3.63, 3.8) is 0 Å². The number of carbonyl (C=O) groups excluding carboxylic acids is 1. The first-order valence-corrected chi connectivity index (χ1v) is 9.03. The van der Waals surface area contributed by atoms with Crippen LogP contribution in [0.2, 0.25) is 0 Å². The number of hydrogen-bond donors (Lipinski definition) is 0. The van der Waals surface area contributed by atoms with Crippen LogP contribution in [0.25, 0.3) is 0 Å². The number of benzene rings is 1. The quantitative estimate of drug-likeness (QED) is 0.762. The molecule has 25 heavy (non-hydrogen) atoms. The molecule has 0 bridgehead atoms. The van der Waals surface area contributed by atoms with Crippen LogP contribution >= 0.6 is 0 Å². The second kappa shape index (κ2) is 6.12.